The number of furan rings is 2. The van der Waals surface area contributed by atoms with Crippen molar-refractivity contribution in [1.82, 2.24) is 9.55 Å². The van der Waals surface area contributed by atoms with Gasteiger partial charge in [0.25, 0.3) is 0 Å². The second-order valence-corrected chi connectivity index (χ2v) is 13.9. The van der Waals surface area contributed by atoms with Gasteiger partial charge in [-0.25, -0.2) is 4.98 Å². The average Bonchev–Trinajstić information content (AvgIpc) is 4.02. The predicted molar refractivity (Wildman–Crippen MR) is 223 cm³/mol. The van der Waals surface area contributed by atoms with Crippen LogP contribution >= 0.6 is 0 Å². The lowest BCUT2D eigenvalue weighted by Crippen LogP contribution is -2.12. The van der Waals surface area contributed by atoms with Gasteiger partial charge in [0.05, 0.1) is 33.5 Å². The van der Waals surface area contributed by atoms with Gasteiger partial charge in [0.2, 0.25) is 5.89 Å². The minimum atomic E-state index is 0.579. The van der Waals surface area contributed by atoms with Gasteiger partial charge in [-0.1, -0.05) is 97.1 Å². The van der Waals surface area contributed by atoms with E-state index in [1.165, 1.54) is 5.39 Å². The monoisotopic (exact) mass is 707 g/mol. The van der Waals surface area contributed by atoms with E-state index in [-0.39, 0.29) is 0 Å². The fraction of sp³-hybridized carbons (Fsp3) is 0. The van der Waals surface area contributed by atoms with Crippen LogP contribution in [0.4, 0.5) is 17.1 Å². The number of aromatic nitrogens is 2. The molecule has 8 aromatic carbocycles. The molecule has 0 saturated carbocycles. The van der Waals surface area contributed by atoms with Crippen LogP contribution in [0.25, 0.3) is 93.9 Å². The Kier molecular flexibility index (Phi) is 6.24. The molecule has 0 saturated heterocycles. The molecule has 0 amide bonds. The third-order valence-corrected chi connectivity index (χ3v) is 10.8. The van der Waals surface area contributed by atoms with Crippen LogP contribution in [0.15, 0.2) is 189 Å². The Bertz CT molecular complexity index is 3440. The molecule has 0 spiro atoms. The van der Waals surface area contributed by atoms with Crippen LogP contribution in [0.1, 0.15) is 0 Å². The topological polar surface area (TPSA) is 60.5 Å². The molecule has 6 heteroatoms. The number of benzene rings is 8. The first kappa shape index (κ1) is 29.9. The molecule has 4 aromatic heterocycles. The lowest BCUT2D eigenvalue weighted by molar-refractivity contribution is 0.622. The number of fused-ring (bicyclic) bond motifs is 11. The molecule has 258 valence electrons. The average molecular weight is 708 g/mol. The van der Waals surface area contributed by atoms with Crippen molar-refractivity contribution in [2.45, 2.75) is 0 Å². The summed E-state index contributed by atoms with van der Waals surface area (Å²) < 4.78 is 22.3. The van der Waals surface area contributed by atoms with E-state index >= 15 is 0 Å². The third-order valence-electron chi connectivity index (χ3n) is 10.8. The van der Waals surface area contributed by atoms with Crippen molar-refractivity contribution in [2.24, 2.45) is 0 Å². The summed E-state index contributed by atoms with van der Waals surface area (Å²) in [5.74, 6) is 0.579. The Labute approximate surface area is 313 Å². The zero-order valence-electron chi connectivity index (χ0n) is 29.3. The van der Waals surface area contributed by atoms with E-state index in [2.05, 4.69) is 131 Å². The van der Waals surface area contributed by atoms with E-state index < -0.39 is 0 Å². The van der Waals surface area contributed by atoms with Gasteiger partial charge in [-0.05, 0) is 72.8 Å². The Balaban J connectivity index is 1.18. The standard InChI is InChI=1S/C49H29N3O3/c1-3-13-30(14-4-1)49-50-38-27-28-43-45(48(38)55-49)37-20-12-23-41(47(37)54-43)51(32-25-26-35-34-18-8-10-24-42(34)53-44(35)29-32)40-22-11-19-36-33-17-7-9-21-39(33)52(46(36)40)31-15-5-2-6-16-31/h1-29H. The Morgan fingerprint density at radius 1 is 0.455 bits per heavy atom. The third kappa shape index (κ3) is 4.39. The number of hydrogen-bond acceptors (Lipinski definition) is 5. The number of oxazole rings is 1. The van der Waals surface area contributed by atoms with Crippen molar-refractivity contribution in [3.8, 4) is 17.1 Å². The second kappa shape index (κ2) is 11.5. The van der Waals surface area contributed by atoms with Crippen molar-refractivity contribution in [2.75, 3.05) is 4.90 Å². The number of nitrogens with zero attached hydrogens (tertiary/aromatic N) is 3. The lowest BCUT2D eigenvalue weighted by Gasteiger charge is -2.27. The van der Waals surface area contributed by atoms with Crippen LogP contribution in [0.3, 0.4) is 0 Å². The maximum atomic E-state index is 6.89. The van der Waals surface area contributed by atoms with Gasteiger partial charge in [-0.3, -0.25) is 0 Å². The largest absolute Gasteiger partial charge is 0.456 e. The van der Waals surface area contributed by atoms with E-state index in [1.54, 1.807) is 0 Å². The number of anilines is 3. The van der Waals surface area contributed by atoms with E-state index in [4.69, 9.17) is 18.2 Å². The first-order chi connectivity index (χ1) is 27.3. The molecule has 55 heavy (non-hydrogen) atoms. The van der Waals surface area contributed by atoms with Gasteiger partial charge in [0, 0.05) is 44.2 Å². The molecular weight excluding hydrogens is 679 g/mol. The summed E-state index contributed by atoms with van der Waals surface area (Å²) in [6, 6.07) is 60.8. The Morgan fingerprint density at radius 3 is 2.04 bits per heavy atom. The molecule has 0 fully saturated rings. The van der Waals surface area contributed by atoms with Crippen molar-refractivity contribution in [3.05, 3.63) is 176 Å². The highest BCUT2D eigenvalue weighted by Gasteiger charge is 2.26. The second-order valence-electron chi connectivity index (χ2n) is 13.9. The van der Waals surface area contributed by atoms with Crippen LogP contribution in [-0.2, 0) is 0 Å². The van der Waals surface area contributed by atoms with Gasteiger partial charge in [-0.15, -0.1) is 0 Å². The fourth-order valence-corrected chi connectivity index (χ4v) is 8.42. The predicted octanol–water partition coefficient (Wildman–Crippen LogP) is 13.9. The van der Waals surface area contributed by atoms with Crippen LogP contribution in [-0.4, -0.2) is 9.55 Å². The van der Waals surface area contributed by atoms with Crippen molar-refractivity contribution >= 4 is 93.8 Å². The first-order valence-electron chi connectivity index (χ1n) is 18.4. The summed E-state index contributed by atoms with van der Waals surface area (Å²) in [5, 5.41) is 6.33. The molecule has 0 unspecified atom stereocenters. The van der Waals surface area contributed by atoms with Gasteiger partial charge in [-0.2, -0.15) is 0 Å². The van der Waals surface area contributed by atoms with Crippen molar-refractivity contribution < 1.29 is 13.3 Å². The number of hydrogen-bond donors (Lipinski definition) is 0. The summed E-state index contributed by atoms with van der Waals surface area (Å²) in [4.78, 5) is 7.19. The van der Waals surface area contributed by atoms with E-state index in [9.17, 15) is 0 Å². The molecule has 12 rings (SSSR count). The minimum Gasteiger partial charge on any atom is -0.456 e. The molecule has 0 aliphatic carbocycles. The van der Waals surface area contributed by atoms with E-state index in [0.29, 0.717) is 11.5 Å². The van der Waals surface area contributed by atoms with Gasteiger partial charge >= 0.3 is 0 Å². The maximum Gasteiger partial charge on any atom is 0.227 e. The highest BCUT2D eigenvalue weighted by molar-refractivity contribution is 6.20. The SMILES string of the molecule is c1ccc(-c2nc3ccc4oc5c(N(c6ccc7c(c6)oc6ccccc67)c6cccc7c8ccccc8n(-c8ccccc8)c67)cccc5c4c3o2)cc1. The normalized spacial score (nSPS) is 12.0. The van der Waals surface area contributed by atoms with Gasteiger partial charge < -0.3 is 22.7 Å². The molecule has 0 radical (unpaired) electrons. The summed E-state index contributed by atoms with van der Waals surface area (Å²) in [5.41, 5.74) is 11.7. The fourth-order valence-electron chi connectivity index (χ4n) is 8.42. The van der Waals surface area contributed by atoms with Gasteiger partial charge in [0.15, 0.2) is 11.2 Å². The molecule has 6 nitrogen and oxygen atoms in total. The van der Waals surface area contributed by atoms with E-state index in [0.717, 1.165) is 94.1 Å². The van der Waals surface area contributed by atoms with E-state index in [1.807, 2.05) is 54.6 Å². The molecular formula is C49H29N3O3. The molecule has 0 atom stereocenters. The quantitative estimate of drug-likeness (QED) is 0.178. The first-order valence-corrected chi connectivity index (χ1v) is 18.4. The van der Waals surface area contributed by atoms with Crippen LogP contribution < -0.4 is 4.90 Å². The van der Waals surface area contributed by atoms with Gasteiger partial charge in [0.1, 0.15) is 22.3 Å². The molecule has 0 aliphatic rings. The summed E-state index contributed by atoms with van der Waals surface area (Å²) in [7, 11) is 0. The summed E-state index contributed by atoms with van der Waals surface area (Å²) in [6.07, 6.45) is 0. The molecule has 12 aromatic rings. The summed E-state index contributed by atoms with van der Waals surface area (Å²) in [6.45, 7) is 0. The molecule has 0 N–H and O–H groups in total. The van der Waals surface area contributed by atoms with Crippen LogP contribution in [0, 0.1) is 0 Å². The van der Waals surface area contributed by atoms with Crippen LogP contribution in [0.5, 0.6) is 0 Å². The Morgan fingerprint density at radius 2 is 1.16 bits per heavy atom. The lowest BCUT2D eigenvalue weighted by atomic mass is 10.1. The van der Waals surface area contributed by atoms with Crippen molar-refractivity contribution in [1.29, 1.82) is 0 Å². The minimum absolute atomic E-state index is 0.579. The number of para-hydroxylation sites is 5. The highest BCUT2D eigenvalue weighted by Crippen LogP contribution is 2.48. The number of rotatable bonds is 5. The zero-order chi connectivity index (χ0) is 36.0. The summed E-state index contributed by atoms with van der Waals surface area (Å²) >= 11 is 0. The maximum absolute atomic E-state index is 6.89. The smallest absolute Gasteiger partial charge is 0.227 e. The van der Waals surface area contributed by atoms with Crippen molar-refractivity contribution in [3.63, 3.8) is 0 Å². The van der Waals surface area contributed by atoms with Crippen LogP contribution in [0.2, 0.25) is 0 Å². The molecule has 4 heterocycles. The molecule has 0 aliphatic heterocycles. The highest BCUT2D eigenvalue weighted by atomic mass is 16.4. The molecule has 0 bridgehead atoms. The Hall–Kier alpha value is -7.57. The zero-order valence-corrected chi connectivity index (χ0v) is 29.3.